The topological polar surface area (TPSA) is 88.5 Å². The van der Waals surface area contributed by atoms with Gasteiger partial charge in [-0.25, -0.2) is 9.97 Å². The van der Waals surface area contributed by atoms with E-state index in [1.54, 1.807) is 17.0 Å². The van der Waals surface area contributed by atoms with Crippen LogP contribution in [0, 0.1) is 0 Å². The van der Waals surface area contributed by atoms with E-state index in [4.69, 9.17) is 0 Å². The monoisotopic (exact) mass is 262 g/mol. The first-order chi connectivity index (χ1) is 8.89. The molecule has 0 aliphatic carbocycles. The van der Waals surface area contributed by atoms with Gasteiger partial charge in [0.2, 0.25) is 0 Å². The minimum atomic E-state index is -0.286. The maximum absolute atomic E-state index is 12.3. The zero-order valence-electron chi connectivity index (χ0n) is 11.5. The SMILES string of the molecule is CC(Nc1nccn(C(C)(C)C)c1=O)c1ncn[nH]1. The molecule has 2 aromatic rings. The zero-order valence-corrected chi connectivity index (χ0v) is 11.5. The van der Waals surface area contributed by atoms with E-state index in [-0.39, 0.29) is 17.1 Å². The van der Waals surface area contributed by atoms with Crippen molar-refractivity contribution in [2.45, 2.75) is 39.3 Å². The van der Waals surface area contributed by atoms with E-state index in [0.29, 0.717) is 11.6 Å². The lowest BCUT2D eigenvalue weighted by Gasteiger charge is -2.23. The summed E-state index contributed by atoms with van der Waals surface area (Å²) in [4.78, 5) is 20.5. The van der Waals surface area contributed by atoms with Gasteiger partial charge in [0, 0.05) is 17.9 Å². The normalized spacial score (nSPS) is 13.3. The van der Waals surface area contributed by atoms with Crippen LogP contribution in [-0.2, 0) is 5.54 Å². The van der Waals surface area contributed by atoms with Gasteiger partial charge in [-0.05, 0) is 27.7 Å². The van der Waals surface area contributed by atoms with Gasteiger partial charge in [-0.15, -0.1) is 0 Å². The van der Waals surface area contributed by atoms with E-state index in [1.807, 2.05) is 27.7 Å². The van der Waals surface area contributed by atoms with Crippen LogP contribution < -0.4 is 10.9 Å². The Labute approximate surface area is 111 Å². The van der Waals surface area contributed by atoms with Crippen molar-refractivity contribution in [3.8, 4) is 0 Å². The van der Waals surface area contributed by atoms with Gasteiger partial charge in [-0.2, -0.15) is 5.10 Å². The van der Waals surface area contributed by atoms with Crippen molar-refractivity contribution in [3.63, 3.8) is 0 Å². The molecule has 0 aliphatic rings. The van der Waals surface area contributed by atoms with Gasteiger partial charge in [-0.3, -0.25) is 9.89 Å². The molecule has 0 aliphatic heterocycles. The Hall–Kier alpha value is -2.18. The average molecular weight is 262 g/mol. The Morgan fingerprint density at radius 2 is 2.11 bits per heavy atom. The fourth-order valence-electron chi connectivity index (χ4n) is 1.74. The summed E-state index contributed by atoms with van der Waals surface area (Å²) in [7, 11) is 0. The van der Waals surface area contributed by atoms with E-state index in [0.717, 1.165) is 0 Å². The Balaban J connectivity index is 2.30. The standard InChI is InChI=1S/C12H18N6O/c1-8(9-14-7-15-17-9)16-10-11(19)18(6-5-13-10)12(2,3)4/h5-8H,1-4H3,(H,13,16)(H,14,15,17). The van der Waals surface area contributed by atoms with Gasteiger partial charge >= 0.3 is 0 Å². The highest BCUT2D eigenvalue weighted by atomic mass is 16.1. The van der Waals surface area contributed by atoms with Gasteiger partial charge < -0.3 is 9.88 Å². The largest absolute Gasteiger partial charge is 0.356 e. The molecule has 0 aromatic carbocycles. The summed E-state index contributed by atoms with van der Waals surface area (Å²) in [5, 5.41) is 9.59. The molecule has 2 heterocycles. The molecule has 1 atom stereocenters. The molecule has 0 amide bonds. The summed E-state index contributed by atoms with van der Waals surface area (Å²) in [5.41, 5.74) is -0.437. The number of nitrogens with zero attached hydrogens (tertiary/aromatic N) is 4. The Kier molecular flexibility index (Phi) is 3.37. The van der Waals surface area contributed by atoms with Crippen LogP contribution in [-0.4, -0.2) is 24.7 Å². The van der Waals surface area contributed by atoms with Crippen LogP contribution >= 0.6 is 0 Å². The molecule has 2 rings (SSSR count). The number of aromatic amines is 1. The Morgan fingerprint density at radius 1 is 1.37 bits per heavy atom. The van der Waals surface area contributed by atoms with E-state index in [1.165, 1.54) is 6.33 Å². The summed E-state index contributed by atoms with van der Waals surface area (Å²) in [6.07, 6.45) is 4.73. The van der Waals surface area contributed by atoms with Crippen molar-refractivity contribution in [2.24, 2.45) is 0 Å². The number of anilines is 1. The lowest BCUT2D eigenvalue weighted by molar-refractivity contribution is 0.383. The lowest BCUT2D eigenvalue weighted by atomic mass is 10.1. The van der Waals surface area contributed by atoms with Crippen LogP contribution in [0.15, 0.2) is 23.5 Å². The predicted octanol–water partition coefficient (Wildman–Crippen LogP) is 1.29. The lowest BCUT2D eigenvalue weighted by Crippen LogP contribution is -2.35. The summed E-state index contributed by atoms with van der Waals surface area (Å²) < 4.78 is 1.65. The van der Waals surface area contributed by atoms with E-state index in [2.05, 4.69) is 25.5 Å². The second kappa shape index (κ2) is 4.83. The second-order valence-corrected chi connectivity index (χ2v) is 5.36. The quantitative estimate of drug-likeness (QED) is 0.870. The molecule has 2 aromatic heterocycles. The fraction of sp³-hybridized carbons (Fsp3) is 0.500. The number of rotatable bonds is 3. The second-order valence-electron chi connectivity index (χ2n) is 5.36. The summed E-state index contributed by atoms with van der Waals surface area (Å²) in [6, 6.07) is -0.168. The summed E-state index contributed by atoms with van der Waals surface area (Å²) in [6.45, 7) is 7.80. The highest BCUT2D eigenvalue weighted by Gasteiger charge is 2.18. The number of aromatic nitrogens is 5. The molecule has 7 nitrogen and oxygen atoms in total. The molecule has 2 N–H and O–H groups in total. The van der Waals surface area contributed by atoms with Crippen molar-refractivity contribution in [1.29, 1.82) is 0 Å². The predicted molar refractivity (Wildman–Crippen MR) is 71.9 cm³/mol. The van der Waals surface area contributed by atoms with Crippen LogP contribution in [0.2, 0.25) is 0 Å². The highest BCUT2D eigenvalue weighted by molar-refractivity contribution is 5.33. The highest BCUT2D eigenvalue weighted by Crippen LogP contribution is 2.13. The zero-order chi connectivity index (χ0) is 14.0. The molecule has 102 valence electrons. The van der Waals surface area contributed by atoms with E-state index in [9.17, 15) is 4.79 Å². The third kappa shape index (κ3) is 2.81. The minimum absolute atomic E-state index is 0.152. The molecule has 19 heavy (non-hydrogen) atoms. The summed E-state index contributed by atoms with van der Waals surface area (Å²) in [5.74, 6) is 0.966. The van der Waals surface area contributed by atoms with Gasteiger partial charge in [0.15, 0.2) is 5.82 Å². The molecular weight excluding hydrogens is 244 g/mol. The van der Waals surface area contributed by atoms with E-state index >= 15 is 0 Å². The van der Waals surface area contributed by atoms with Gasteiger partial charge in [0.05, 0.1) is 6.04 Å². The maximum atomic E-state index is 12.3. The van der Waals surface area contributed by atoms with Crippen LogP contribution in [0.5, 0.6) is 0 Å². The number of H-pyrrole nitrogens is 1. The van der Waals surface area contributed by atoms with Crippen LogP contribution in [0.3, 0.4) is 0 Å². The van der Waals surface area contributed by atoms with Gasteiger partial charge in [-0.1, -0.05) is 0 Å². The molecule has 0 bridgehead atoms. The molecule has 0 saturated heterocycles. The fourth-order valence-corrected chi connectivity index (χ4v) is 1.74. The van der Waals surface area contributed by atoms with Crippen molar-refractivity contribution >= 4 is 5.82 Å². The Bertz CT molecular complexity index is 595. The third-order valence-electron chi connectivity index (χ3n) is 2.76. The minimum Gasteiger partial charge on any atom is -0.356 e. The third-order valence-corrected chi connectivity index (χ3v) is 2.76. The number of nitrogens with one attached hydrogen (secondary N) is 2. The molecule has 7 heteroatoms. The maximum Gasteiger partial charge on any atom is 0.293 e. The van der Waals surface area contributed by atoms with Crippen molar-refractivity contribution in [2.75, 3.05) is 5.32 Å². The molecule has 0 fully saturated rings. The Morgan fingerprint density at radius 3 is 2.68 bits per heavy atom. The first-order valence-electron chi connectivity index (χ1n) is 6.09. The van der Waals surface area contributed by atoms with Crippen molar-refractivity contribution in [1.82, 2.24) is 24.7 Å². The van der Waals surface area contributed by atoms with Crippen LogP contribution in [0.25, 0.3) is 0 Å². The van der Waals surface area contributed by atoms with Crippen molar-refractivity contribution < 1.29 is 0 Å². The van der Waals surface area contributed by atoms with Crippen LogP contribution in [0.4, 0.5) is 5.82 Å². The first kappa shape index (κ1) is 13.3. The molecule has 1 unspecified atom stereocenters. The molecule has 0 spiro atoms. The van der Waals surface area contributed by atoms with Crippen LogP contribution in [0.1, 0.15) is 39.6 Å². The average Bonchev–Trinajstić information content (AvgIpc) is 2.83. The first-order valence-corrected chi connectivity index (χ1v) is 6.09. The number of hydrogen-bond acceptors (Lipinski definition) is 5. The van der Waals surface area contributed by atoms with Gasteiger partial charge in [0.1, 0.15) is 12.2 Å². The molecular formula is C12H18N6O. The summed E-state index contributed by atoms with van der Waals surface area (Å²) >= 11 is 0. The smallest absolute Gasteiger partial charge is 0.293 e. The number of hydrogen-bond donors (Lipinski definition) is 2. The van der Waals surface area contributed by atoms with Crippen molar-refractivity contribution in [3.05, 3.63) is 34.9 Å². The molecule has 0 radical (unpaired) electrons. The molecule has 0 saturated carbocycles. The van der Waals surface area contributed by atoms with Gasteiger partial charge in [0.25, 0.3) is 5.56 Å². The van der Waals surface area contributed by atoms with E-state index < -0.39 is 0 Å².